The molecule has 0 aromatic carbocycles. The van der Waals surface area contributed by atoms with Crippen molar-refractivity contribution < 1.29 is 33.6 Å². The van der Waals surface area contributed by atoms with Gasteiger partial charge in [0, 0.05) is 32.5 Å². The maximum absolute atomic E-state index is 12.9. The largest absolute Gasteiger partial charge is 0.447 e. The summed E-state index contributed by atoms with van der Waals surface area (Å²) in [4.78, 5) is 28.5. The molecule has 9 nitrogen and oxygen atoms in total. The van der Waals surface area contributed by atoms with Crippen LogP contribution in [0.5, 0.6) is 0 Å². The zero-order chi connectivity index (χ0) is 34.0. The molecular weight excluding hydrogens is 608 g/mol. The van der Waals surface area contributed by atoms with Gasteiger partial charge in [0.05, 0.1) is 37.6 Å². The average Bonchev–Trinajstić information content (AvgIpc) is 3.96. The van der Waals surface area contributed by atoms with Crippen molar-refractivity contribution in [3.63, 3.8) is 0 Å². The number of aliphatic hydroxyl groups excluding tert-OH is 1. The van der Waals surface area contributed by atoms with Crippen LogP contribution in [-0.4, -0.2) is 98.0 Å². The SMILES string of the molecule is C[C@@H]1C[C@@H](COC(=O)N(C)C)O[C@H]2[C@H]1[C@@]1(C)CC[C@@]34C[C@@]35CC[C@H](O[C@H]3CN(C(=O)CC6CC6)CCO3)C(C)(C)[C@@H]5CC[C@H]4[C@]1(C)[C@H]2O. The third kappa shape index (κ3) is 4.67. The van der Waals surface area contributed by atoms with E-state index >= 15 is 0 Å². The Morgan fingerprint density at radius 1 is 0.979 bits per heavy atom. The average molecular weight is 671 g/mol. The predicted molar refractivity (Wildman–Crippen MR) is 180 cm³/mol. The highest BCUT2D eigenvalue weighted by molar-refractivity contribution is 5.76. The number of carbonyl (C=O) groups excluding carboxylic acids is 2. The Hall–Kier alpha value is -1.42. The number of hydrogen-bond acceptors (Lipinski definition) is 7. The van der Waals surface area contributed by atoms with E-state index in [4.69, 9.17) is 18.9 Å². The number of carbonyl (C=O) groups is 2. The number of hydrogen-bond donors (Lipinski definition) is 1. The van der Waals surface area contributed by atoms with Crippen LogP contribution in [0.2, 0.25) is 0 Å². The molecule has 8 rings (SSSR count). The topological polar surface area (TPSA) is 97.8 Å². The van der Waals surface area contributed by atoms with Crippen LogP contribution in [0, 0.1) is 56.7 Å². The smallest absolute Gasteiger partial charge is 0.409 e. The molecule has 6 aliphatic carbocycles. The molecule has 2 saturated heterocycles. The van der Waals surface area contributed by atoms with Gasteiger partial charge in [-0.2, -0.15) is 0 Å². The van der Waals surface area contributed by atoms with Gasteiger partial charge in [0.15, 0.2) is 6.29 Å². The van der Waals surface area contributed by atoms with Crippen molar-refractivity contribution in [1.29, 1.82) is 0 Å². The summed E-state index contributed by atoms with van der Waals surface area (Å²) in [7, 11) is 3.40. The number of ether oxygens (including phenoxy) is 4. The number of fused-ring (bicyclic) bond motifs is 4. The van der Waals surface area contributed by atoms with Crippen LogP contribution < -0.4 is 0 Å². The molecule has 9 heteroatoms. The fraction of sp³-hybridized carbons (Fsp3) is 0.949. The number of aliphatic hydroxyl groups is 1. The highest BCUT2D eigenvalue weighted by Gasteiger charge is 2.84. The summed E-state index contributed by atoms with van der Waals surface area (Å²) in [5.74, 6) is 2.61. The molecule has 0 bridgehead atoms. The van der Waals surface area contributed by atoms with Crippen LogP contribution in [0.4, 0.5) is 4.79 Å². The van der Waals surface area contributed by atoms with E-state index < -0.39 is 6.10 Å². The quantitative estimate of drug-likeness (QED) is 0.378. The Labute approximate surface area is 288 Å². The Balaban J connectivity index is 0.981. The highest BCUT2D eigenvalue weighted by atomic mass is 16.7. The molecule has 13 atom stereocenters. The van der Waals surface area contributed by atoms with Gasteiger partial charge in [-0.15, -0.1) is 0 Å². The maximum atomic E-state index is 12.9. The summed E-state index contributed by atoms with van der Waals surface area (Å²) < 4.78 is 25.3. The van der Waals surface area contributed by atoms with Crippen molar-refractivity contribution in [3.8, 4) is 0 Å². The van der Waals surface area contributed by atoms with Crippen LogP contribution in [0.25, 0.3) is 0 Å². The van der Waals surface area contributed by atoms with Crippen molar-refractivity contribution in [1.82, 2.24) is 9.80 Å². The molecule has 0 radical (unpaired) electrons. The van der Waals surface area contributed by atoms with Crippen molar-refractivity contribution in [3.05, 3.63) is 0 Å². The number of morpholine rings is 1. The molecule has 0 unspecified atom stereocenters. The molecule has 48 heavy (non-hydrogen) atoms. The first-order chi connectivity index (χ1) is 22.7. The van der Waals surface area contributed by atoms with E-state index in [0.717, 1.165) is 25.7 Å². The zero-order valence-electron chi connectivity index (χ0n) is 30.7. The van der Waals surface area contributed by atoms with E-state index in [0.29, 0.717) is 61.1 Å². The lowest BCUT2D eigenvalue weighted by Gasteiger charge is -2.64. The normalized spacial score (nSPS) is 50.2. The molecule has 0 aromatic heterocycles. The molecule has 8 fully saturated rings. The molecule has 2 heterocycles. The van der Waals surface area contributed by atoms with Gasteiger partial charge in [0.2, 0.25) is 5.91 Å². The maximum Gasteiger partial charge on any atom is 0.409 e. The van der Waals surface area contributed by atoms with E-state index in [1.54, 1.807) is 14.1 Å². The summed E-state index contributed by atoms with van der Waals surface area (Å²) in [6.07, 6.45) is 10.6. The lowest BCUT2D eigenvalue weighted by atomic mass is 9.41. The molecule has 2 spiro atoms. The summed E-state index contributed by atoms with van der Waals surface area (Å²) in [5.41, 5.74) is 0.382. The van der Waals surface area contributed by atoms with E-state index in [9.17, 15) is 14.7 Å². The van der Waals surface area contributed by atoms with Gasteiger partial charge in [-0.1, -0.05) is 34.6 Å². The van der Waals surface area contributed by atoms with Gasteiger partial charge in [-0.25, -0.2) is 4.79 Å². The van der Waals surface area contributed by atoms with Crippen molar-refractivity contribution in [2.45, 2.75) is 136 Å². The summed E-state index contributed by atoms with van der Waals surface area (Å²) >= 11 is 0. The number of amides is 2. The van der Waals surface area contributed by atoms with E-state index in [1.165, 1.54) is 43.4 Å². The third-order valence-corrected chi connectivity index (χ3v) is 16.4. The standard InChI is InChI=1S/C39H62N2O7/c1-23-18-25(21-46-34(44)40(6)7)47-32-31(23)36(4)14-15-39-22-38(39)13-12-28(35(2,3)26(38)10-11-27(39)37(36,5)33(32)43)48-30-20-41(16-17-45-30)29(42)19-24-8-9-24/h23-28,30-33,43H,8-22H2,1-7H3/t23-,25+,26+,27+,28+,30+,31+,32+,33+,36-,37-,38-,39+/m1/s1. The Bertz CT molecular complexity index is 1300. The summed E-state index contributed by atoms with van der Waals surface area (Å²) in [6, 6.07) is 0. The molecule has 2 aliphatic heterocycles. The monoisotopic (exact) mass is 670 g/mol. The molecule has 2 amide bonds. The third-order valence-electron chi connectivity index (χ3n) is 16.4. The Kier molecular flexibility index (Phi) is 7.93. The van der Waals surface area contributed by atoms with Crippen LogP contribution in [-0.2, 0) is 23.7 Å². The fourth-order valence-electron chi connectivity index (χ4n) is 13.8. The van der Waals surface area contributed by atoms with Gasteiger partial charge in [0.1, 0.15) is 6.61 Å². The zero-order valence-corrected chi connectivity index (χ0v) is 30.7. The summed E-state index contributed by atoms with van der Waals surface area (Å²) in [6.45, 7) is 14.2. The van der Waals surface area contributed by atoms with Gasteiger partial charge >= 0.3 is 6.09 Å². The second-order valence-electron chi connectivity index (χ2n) is 19.0. The van der Waals surface area contributed by atoms with E-state index in [1.807, 2.05) is 4.90 Å². The van der Waals surface area contributed by atoms with Crippen molar-refractivity contribution >= 4 is 12.0 Å². The van der Waals surface area contributed by atoms with Gasteiger partial charge in [-0.05, 0) is 115 Å². The van der Waals surface area contributed by atoms with E-state index in [-0.39, 0.29) is 64.9 Å². The highest BCUT2D eigenvalue weighted by Crippen LogP contribution is 2.89. The molecule has 8 aliphatic rings. The minimum Gasteiger partial charge on any atom is -0.447 e. The predicted octanol–water partition coefficient (Wildman–Crippen LogP) is 5.87. The van der Waals surface area contributed by atoms with Crippen LogP contribution >= 0.6 is 0 Å². The molecule has 1 N–H and O–H groups in total. The van der Waals surface area contributed by atoms with Crippen LogP contribution in [0.15, 0.2) is 0 Å². The Morgan fingerprint density at radius 3 is 2.44 bits per heavy atom. The molecule has 0 aromatic rings. The second kappa shape index (κ2) is 11.3. The first-order valence-electron chi connectivity index (χ1n) is 19.4. The van der Waals surface area contributed by atoms with E-state index in [2.05, 4.69) is 34.6 Å². The molecule has 6 saturated carbocycles. The molecule has 270 valence electrons. The van der Waals surface area contributed by atoms with Crippen molar-refractivity contribution in [2.75, 3.05) is 40.4 Å². The Morgan fingerprint density at radius 2 is 1.71 bits per heavy atom. The summed E-state index contributed by atoms with van der Waals surface area (Å²) in [5, 5.41) is 12.4. The first-order valence-corrected chi connectivity index (χ1v) is 19.4. The lowest BCUT2D eigenvalue weighted by Crippen LogP contribution is -2.60. The van der Waals surface area contributed by atoms with Gasteiger partial charge in [-0.3, -0.25) is 4.79 Å². The van der Waals surface area contributed by atoms with Crippen molar-refractivity contribution in [2.24, 2.45) is 56.7 Å². The van der Waals surface area contributed by atoms with Gasteiger partial charge < -0.3 is 33.9 Å². The molecular formula is C39H62N2O7. The first kappa shape index (κ1) is 33.7. The minimum atomic E-state index is -0.527. The van der Waals surface area contributed by atoms with Crippen LogP contribution in [0.3, 0.4) is 0 Å². The fourth-order valence-corrected chi connectivity index (χ4v) is 13.8. The number of rotatable bonds is 6. The number of nitrogens with zero attached hydrogens (tertiary/aromatic N) is 2. The lowest BCUT2D eigenvalue weighted by molar-refractivity contribution is -0.248. The minimum absolute atomic E-state index is 0.00524. The van der Waals surface area contributed by atoms with Crippen LogP contribution in [0.1, 0.15) is 105 Å². The second-order valence-corrected chi connectivity index (χ2v) is 19.0. The van der Waals surface area contributed by atoms with Gasteiger partial charge in [0.25, 0.3) is 0 Å².